The Kier molecular flexibility index (Phi) is 4.20. The Bertz CT molecular complexity index is 161. The minimum atomic E-state index is 0.0901. The molecule has 0 fully saturated rings. The van der Waals surface area contributed by atoms with E-state index in [1.807, 2.05) is 0 Å². The minimum absolute atomic E-state index is 0.0901. The number of allylic oxidation sites excluding steroid dienone is 1. The summed E-state index contributed by atoms with van der Waals surface area (Å²) in [5.74, 6) is 0.0901. The van der Waals surface area contributed by atoms with Gasteiger partial charge in [0.1, 0.15) is 5.78 Å². The molecule has 0 aliphatic carbocycles. The molecule has 0 amide bonds. The second kappa shape index (κ2) is 4.73. The highest BCUT2D eigenvalue weighted by Crippen LogP contribution is 1.71. The Morgan fingerprint density at radius 2 is 2.20 bits per heavy atom. The monoisotopic (exact) mass is 140 g/mol. The van der Waals surface area contributed by atoms with Gasteiger partial charge in [-0.25, -0.2) is 0 Å². The summed E-state index contributed by atoms with van der Waals surface area (Å²) in [6.07, 6.45) is 3.20. The van der Waals surface area contributed by atoms with Crippen molar-refractivity contribution in [2.75, 3.05) is 6.54 Å². The standard InChI is InChI=1S/C7H12N2O/c1-6(8)3-4-9-5-7(2)10/h3-4,8-9H,5H2,1-2H3/b4-3-,8-6?. The molecule has 56 valence electrons. The molecule has 0 radical (unpaired) electrons. The van der Waals surface area contributed by atoms with Crippen LogP contribution in [0.3, 0.4) is 0 Å². The number of carbonyl (C=O) groups is 1. The van der Waals surface area contributed by atoms with Crippen molar-refractivity contribution in [3.63, 3.8) is 0 Å². The Hall–Kier alpha value is -1.12. The third-order valence-corrected chi connectivity index (χ3v) is 0.802. The normalized spacial score (nSPS) is 9.80. The summed E-state index contributed by atoms with van der Waals surface area (Å²) in [4.78, 5) is 10.3. The summed E-state index contributed by atoms with van der Waals surface area (Å²) in [6, 6.07) is 0. The van der Waals surface area contributed by atoms with Crippen molar-refractivity contribution in [2.45, 2.75) is 13.8 Å². The lowest BCUT2D eigenvalue weighted by Gasteiger charge is -1.92. The summed E-state index contributed by atoms with van der Waals surface area (Å²) in [5.41, 5.74) is 0.469. The van der Waals surface area contributed by atoms with E-state index >= 15 is 0 Å². The zero-order chi connectivity index (χ0) is 7.98. The molecule has 0 atom stereocenters. The molecule has 10 heavy (non-hydrogen) atoms. The van der Waals surface area contributed by atoms with Crippen LogP contribution in [-0.2, 0) is 4.79 Å². The van der Waals surface area contributed by atoms with Crippen LogP contribution in [0, 0.1) is 5.41 Å². The highest BCUT2D eigenvalue weighted by atomic mass is 16.1. The van der Waals surface area contributed by atoms with Gasteiger partial charge in [-0.3, -0.25) is 4.79 Å². The second-order valence-electron chi connectivity index (χ2n) is 2.10. The van der Waals surface area contributed by atoms with E-state index in [0.29, 0.717) is 12.3 Å². The van der Waals surface area contributed by atoms with Crippen LogP contribution >= 0.6 is 0 Å². The lowest BCUT2D eigenvalue weighted by molar-refractivity contribution is -0.116. The average molecular weight is 140 g/mol. The van der Waals surface area contributed by atoms with Crippen molar-refractivity contribution in [3.05, 3.63) is 12.3 Å². The van der Waals surface area contributed by atoms with Gasteiger partial charge in [0, 0.05) is 5.71 Å². The van der Waals surface area contributed by atoms with Gasteiger partial charge < -0.3 is 10.7 Å². The van der Waals surface area contributed by atoms with Crippen LogP contribution in [0.5, 0.6) is 0 Å². The molecule has 0 heterocycles. The summed E-state index contributed by atoms with van der Waals surface area (Å²) in [6.45, 7) is 3.52. The van der Waals surface area contributed by atoms with Gasteiger partial charge >= 0.3 is 0 Å². The Morgan fingerprint density at radius 1 is 1.60 bits per heavy atom. The smallest absolute Gasteiger partial charge is 0.148 e. The molecule has 0 rings (SSSR count). The van der Waals surface area contributed by atoms with Crippen molar-refractivity contribution in [1.82, 2.24) is 5.32 Å². The topological polar surface area (TPSA) is 53.0 Å². The largest absolute Gasteiger partial charge is 0.384 e. The predicted molar refractivity (Wildman–Crippen MR) is 41.2 cm³/mol. The number of rotatable bonds is 4. The number of nitrogens with one attached hydrogen (secondary N) is 2. The maximum Gasteiger partial charge on any atom is 0.148 e. The van der Waals surface area contributed by atoms with Gasteiger partial charge in [-0.1, -0.05) is 0 Å². The van der Waals surface area contributed by atoms with Crippen LogP contribution in [0.4, 0.5) is 0 Å². The van der Waals surface area contributed by atoms with Crippen molar-refractivity contribution in [1.29, 1.82) is 5.41 Å². The first-order valence-corrected chi connectivity index (χ1v) is 3.07. The number of hydrogen-bond acceptors (Lipinski definition) is 3. The second-order valence-corrected chi connectivity index (χ2v) is 2.10. The zero-order valence-electron chi connectivity index (χ0n) is 6.27. The maximum absolute atomic E-state index is 10.3. The van der Waals surface area contributed by atoms with Crippen LogP contribution in [0.1, 0.15) is 13.8 Å². The first kappa shape index (κ1) is 8.88. The fraction of sp³-hybridized carbons (Fsp3) is 0.429. The van der Waals surface area contributed by atoms with Crippen LogP contribution in [0.15, 0.2) is 12.3 Å². The van der Waals surface area contributed by atoms with Gasteiger partial charge in [-0.2, -0.15) is 0 Å². The molecule has 0 unspecified atom stereocenters. The molecule has 2 N–H and O–H groups in total. The summed E-state index contributed by atoms with van der Waals surface area (Å²) >= 11 is 0. The van der Waals surface area contributed by atoms with E-state index < -0.39 is 0 Å². The van der Waals surface area contributed by atoms with Gasteiger partial charge in [0.15, 0.2) is 0 Å². The lowest BCUT2D eigenvalue weighted by atomic mass is 10.4. The highest BCUT2D eigenvalue weighted by molar-refractivity contribution is 5.89. The number of carbonyl (C=O) groups excluding carboxylic acids is 1. The third-order valence-electron chi connectivity index (χ3n) is 0.802. The lowest BCUT2D eigenvalue weighted by Crippen LogP contribution is -2.14. The third kappa shape index (κ3) is 6.88. The summed E-state index contributed by atoms with van der Waals surface area (Å²) in [5, 5.41) is 9.71. The van der Waals surface area contributed by atoms with Gasteiger partial charge in [0.05, 0.1) is 6.54 Å². The minimum Gasteiger partial charge on any atom is -0.384 e. The Balaban J connectivity index is 3.36. The van der Waals surface area contributed by atoms with E-state index in [0.717, 1.165) is 0 Å². The fourth-order valence-corrected chi connectivity index (χ4v) is 0.387. The van der Waals surface area contributed by atoms with Crippen molar-refractivity contribution in [2.24, 2.45) is 0 Å². The van der Waals surface area contributed by atoms with E-state index in [-0.39, 0.29) is 5.78 Å². The molecule has 0 bridgehead atoms. The molecule has 0 saturated carbocycles. The molecule has 0 saturated heterocycles. The number of ketones is 1. The number of Topliss-reactive ketones (excluding diaryl/α,β-unsaturated/α-hetero) is 1. The van der Waals surface area contributed by atoms with E-state index in [2.05, 4.69) is 5.32 Å². The first-order chi connectivity index (χ1) is 4.63. The van der Waals surface area contributed by atoms with Gasteiger partial charge in [-0.15, -0.1) is 0 Å². The average Bonchev–Trinajstić information content (AvgIpc) is 1.79. The fourth-order valence-electron chi connectivity index (χ4n) is 0.387. The Morgan fingerprint density at radius 3 is 2.60 bits per heavy atom. The van der Waals surface area contributed by atoms with Gasteiger partial charge in [0.2, 0.25) is 0 Å². The Labute approximate surface area is 60.6 Å². The van der Waals surface area contributed by atoms with Crippen molar-refractivity contribution < 1.29 is 4.79 Å². The maximum atomic E-state index is 10.3. The SMILES string of the molecule is CC(=N)/C=C\NCC(C)=O. The molecule has 3 heteroatoms. The van der Waals surface area contributed by atoms with Crippen LogP contribution in [0.2, 0.25) is 0 Å². The number of hydrogen-bond donors (Lipinski definition) is 2. The van der Waals surface area contributed by atoms with Crippen LogP contribution < -0.4 is 5.32 Å². The van der Waals surface area contributed by atoms with E-state index in [9.17, 15) is 4.79 Å². The highest BCUT2D eigenvalue weighted by Gasteiger charge is 1.85. The molecule has 0 aliphatic heterocycles. The molecular weight excluding hydrogens is 128 g/mol. The van der Waals surface area contributed by atoms with Gasteiger partial charge in [0.25, 0.3) is 0 Å². The van der Waals surface area contributed by atoms with E-state index in [4.69, 9.17) is 5.41 Å². The molecule has 0 aliphatic rings. The van der Waals surface area contributed by atoms with E-state index in [1.54, 1.807) is 19.2 Å². The summed E-state index contributed by atoms with van der Waals surface area (Å²) < 4.78 is 0. The van der Waals surface area contributed by atoms with Crippen LogP contribution in [0.25, 0.3) is 0 Å². The molecule has 3 nitrogen and oxygen atoms in total. The van der Waals surface area contributed by atoms with Crippen molar-refractivity contribution in [3.8, 4) is 0 Å². The molecule has 0 aromatic heterocycles. The molecule has 0 spiro atoms. The summed E-state index contributed by atoms with van der Waals surface area (Å²) in [7, 11) is 0. The van der Waals surface area contributed by atoms with Crippen molar-refractivity contribution >= 4 is 11.5 Å². The quantitative estimate of drug-likeness (QED) is 0.565. The van der Waals surface area contributed by atoms with Crippen LogP contribution in [-0.4, -0.2) is 18.0 Å². The molecule has 0 aromatic rings. The molecular formula is C7H12N2O. The van der Waals surface area contributed by atoms with E-state index in [1.165, 1.54) is 6.92 Å². The molecule has 0 aromatic carbocycles. The predicted octanol–water partition coefficient (Wildman–Crippen LogP) is 0.718. The first-order valence-electron chi connectivity index (χ1n) is 3.07. The van der Waals surface area contributed by atoms with Gasteiger partial charge in [-0.05, 0) is 26.1 Å². The zero-order valence-corrected chi connectivity index (χ0v) is 6.27.